The minimum Gasteiger partial charge on any atom is -0.389 e. The highest BCUT2D eigenvalue weighted by atomic mass is 32.1. The third-order valence-electron chi connectivity index (χ3n) is 3.31. The highest BCUT2D eigenvalue weighted by Crippen LogP contribution is 2.54. The molecule has 18 heavy (non-hydrogen) atoms. The summed E-state index contributed by atoms with van der Waals surface area (Å²) in [7, 11) is 0. The molecule has 1 aromatic rings. The third-order valence-corrected chi connectivity index (χ3v) is 4.46. The Hall–Kier alpha value is -1.22. The number of nitriles is 1. The van der Waals surface area contributed by atoms with Crippen LogP contribution in [0.25, 0.3) is 0 Å². The Bertz CT molecular complexity index is 516. The first-order valence-corrected chi connectivity index (χ1v) is 6.46. The maximum Gasteiger partial charge on any atom is 0.285 e. The standard InChI is InChI=1S/C12H13F3N2S/c1-5(2)8-7(13)3-12(14,15)10-9(8)6(4-16)11(17)18-10/h5,7-8H,3,17H2,1-2H3. The molecule has 0 aliphatic heterocycles. The van der Waals surface area contributed by atoms with Gasteiger partial charge in [-0.15, -0.1) is 11.3 Å². The Labute approximate surface area is 107 Å². The summed E-state index contributed by atoms with van der Waals surface area (Å²) in [6, 6.07) is 1.83. The molecule has 2 unspecified atom stereocenters. The summed E-state index contributed by atoms with van der Waals surface area (Å²) in [5, 5.41) is 9.09. The third kappa shape index (κ3) is 1.77. The summed E-state index contributed by atoms with van der Waals surface area (Å²) in [5.74, 6) is -4.06. The van der Waals surface area contributed by atoms with Crippen molar-refractivity contribution in [1.29, 1.82) is 5.26 Å². The van der Waals surface area contributed by atoms with Crippen LogP contribution in [0.4, 0.5) is 18.2 Å². The number of halogens is 3. The van der Waals surface area contributed by atoms with Crippen LogP contribution in [0.15, 0.2) is 0 Å². The minimum absolute atomic E-state index is 0.0238. The number of fused-ring (bicyclic) bond motifs is 1. The molecule has 0 spiro atoms. The van der Waals surface area contributed by atoms with Gasteiger partial charge >= 0.3 is 0 Å². The lowest BCUT2D eigenvalue weighted by molar-refractivity contribution is -0.0489. The van der Waals surface area contributed by atoms with E-state index < -0.39 is 24.4 Å². The lowest BCUT2D eigenvalue weighted by Crippen LogP contribution is -2.33. The molecule has 0 amide bonds. The second kappa shape index (κ2) is 4.16. The SMILES string of the molecule is CC(C)C1c2c(sc(N)c2C#N)C(F)(F)CC1F. The van der Waals surface area contributed by atoms with Gasteiger partial charge in [0.2, 0.25) is 0 Å². The topological polar surface area (TPSA) is 49.8 Å². The van der Waals surface area contributed by atoms with E-state index in [2.05, 4.69) is 0 Å². The Morgan fingerprint density at radius 3 is 2.61 bits per heavy atom. The molecule has 1 aromatic heterocycles. The van der Waals surface area contributed by atoms with E-state index in [-0.39, 0.29) is 26.9 Å². The van der Waals surface area contributed by atoms with Crippen LogP contribution >= 0.6 is 11.3 Å². The molecule has 0 aromatic carbocycles. The lowest BCUT2D eigenvalue weighted by atomic mass is 9.76. The highest BCUT2D eigenvalue weighted by molar-refractivity contribution is 7.16. The van der Waals surface area contributed by atoms with E-state index in [1.807, 2.05) is 6.07 Å². The number of thiophene rings is 1. The van der Waals surface area contributed by atoms with Crippen LogP contribution in [0, 0.1) is 17.2 Å². The van der Waals surface area contributed by atoms with Crippen molar-refractivity contribution in [1.82, 2.24) is 0 Å². The molecule has 98 valence electrons. The van der Waals surface area contributed by atoms with E-state index in [0.29, 0.717) is 11.3 Å². The van der Waals surface area contributed by atoms with Crippen LogP contribution in [-0.2, 0) is 5.92 Å². The monoisotopic (exact) mass is 274 g/mol. The number of alkyl halides is 3. The Kier molecular flexibility index (Phi) is 3.06. The molecule has 2 rings (SSSR count). The number of rotatable bonds is 1. The molecule has 0 radical (unpaired) electrons. The van der Waals surface area contributed by atoms with Crippen molar-refractivity contribution in [2.75, 3.05) is 5.73 Å². The van der Waals surface area contributed by atoms with Gasteiger partial charge in [-0.1, -0.05) is 13.8 Å². The second-order valence-corrected chi connectivity index (χ2v) is 5.94. The van der Waals surface area contributed by atoms with Gasteiger partial charge in [-0.05, 0) is 11.5 Å². The van der Waals surface area contributed by atoms with Crippen molar-refractivity contribution >= 4 is 16.3 Å². The van der Waals surface area contributed by atoms with Crippen molar-refractivity contribution in [3.05, 3.63) is 16.0 Å². The molecule has 1 heterocycles. The smallest absolute Gasteiger partial charge is 0.285 e. The predicted molar refractivity (Wildman–Crippen MR) is 64.4 cm³/mol. The average Bonchev–Trinajstić information content (AvgIpc) is 2.54. The van der Waals surface area contributed by atoms with Crippen molar-refractivity contribution < 1.29 is 13.2 Å². The van der Waals surface area contributed by atoms with Gasteiger partial charge in [0, 0.05) is 12.3 Å². The van der Waals surface area contributed by atoms with Crippen molar-refractivity contribution in [2.45, 2.75) is 38.3 Å². The van der Waals surface area contributed by atoms with Gasteiger partial charge in [0.05, 0.1) is 10.4 Å². The molecule has 2 atom stereocenters. The zero-order valence-electron chi connectivity index (χ0n) is 10.0. The zero-order chi connectivity index (χ0) is 13.7. The van der Waals surface area contributed by atoms with E-state index >= 15 is 0 Å². The van der Waals surface area contributed by atoms with E-state index in [1.54, 1.807) is 13.8 Å². The molecule has 6 heteroatoms. The fourth-order valence-corrected chi connectivity index (χ4v) is 3.62. The van der Waals surface area contributed by atoms with E-state index in [4.69, 9.17) is 11.0 Å². The number of hydrogen-bond acceptors (Lipinski definition) is 3. The maximum atomic E-state index is 14.0. The average molecular weight is 274 g/mol. The van der Waals surface area contributed by atoms with Crippen molar-refractivity contribution in [2.24, 2.45) is 5.92 Å². The number of anilines is 1. The quantitative estimate of drug-likeness (QED) is 0.847. The first-order chi connectivity index (χ1) is 8.29. The molecule has 2 N–H and O–H groups in total. The van der Waals surface area contributed by atoms with Gasteiger partial charge in [0.15, 0.2) is 0 Å². The van der Waals surface area contributed by atoms with Crippen LogP contribution in [0.1, 0.15) is 42.2 Å². The molecule has 1 aliphatic carbocycles. The number of hydrogen-bond donors (Lipinski definition) is 1. The molecule has 0 saturated carbocycles. The fourth-order valence-electron chi connectivity index (χ4n) is 2.56. The molecule has 0 bridgehead atoms. The molecule has 0 saturated heterocycles. The van der Waals surface area contributed by atoms with Crippen LogP contribution in [-0.4, -0.2) is 6.17 Å². The van der Waals surface area contributed by atoms with Crippen LogP contribution < -0.4 is 5.73 Å². The maximum absolute atomic E-state index is 14.0. The molecule has 0 fully saturated rings. The summed E-state index contributed by atoms with van der Waals surface area (Å²) >= 11 is 0.710. The van der Waals surface area contributed by atoms with Gasteiger partial charge < -0.3 is 5.73 Å². The number of nitrogens with zero attached hydrogens (tertiary/aromatic N) is 1. The highest BCUT2D eigenvalue weighted by Gasteiger charge is 2.50. The largest absolute Gasteiger partial charge is 0.389 e. The second-order valence-electron chi connectivity index (χ2n) is 4.89. The normalized spacial score (nSPS) is 25.8. The summed E-state index contributed by atoms with van der Waals surface area (Å²) in [6.45, 7) is 3.53. The Balaban J connectivity index is 2.71. The minimum atomic E-state index is -3.23. The van der Waals surface area contributed by atoms with Crippen LogP contribution in [0.2, 0.25) is 0 Å². The Morgan fingerprint density at radius 2 is 2.11 bits per heavy atom. The summed E-state index contributed by atoms with van der Waals surface area (Å²) in [5.41, 5.74) is 5.75. The first-order valence-electron chi connectivity index (χ1n) is 5.64. The fraction of sp³-hybridized carbons (Fsp3) is 0.583. The van der Waals surface area contributed by atoms with Crippen LogP contribution in [0.3, 0.4) is 0 Å². The zero-order valence-corrected chi connectivity index (χ0v) is 10.8. The molecule has 1 aliphatic rings. The first kappa shape index (κ1) is 13.2. The van der Waals surface area contributed by atoms with E-state index in [0.717, 1.165) is 0 Å². The lowest BCUT2D eigenvalue weighted by Gasteiger charge is -2.34. The van der Waals surface area contributed by atoms with Gasteiger partial charge in [-0.3, -0.25) is 0 Å². The van der Waals surface area contributed by atoms with Gasteiger partial charge in [-0.25, -0.2) is 13.2 Å². The number of nitrogens with two attached hydrogens (primary N) is 1. The van der Waals surface area contributed by atoms with Crippen molar-refractivity contribution in [3.8, 4) is 6.07 Å². The predicted octanol–water partition coefficient (Wildman–Crippen LogP) is 3.78. The number of nitrogen functional groups attached to an aromatic ring is 1. The van der Waals surface area contributed by atoms with Crippen LogP contribution in [0.5, 0.6) is 0 Å². The van der Waals surface area contributed by atoms with Gasteiger partial charge in [-0.2, -0.15) is 5.26 Å². The Morgan fingerprint density at radius 1 is 1.50 bits per heavy atom. The van der Waals surface area contributed by atoms with E-state index in [9.17, 15) is 13.2 Å². The molecular formula is C12H13F3N2S. The van der Waals surface area contributed by atoms with E-state index in [1.165, 1.54) is 0 Å². The summed E-state index contributed by atoms with van der Waals surface area (Å²) in [6.07, 6.45) is -2.47. The van der Waals surface area contributed by atoms with Gasteiger partial charge in [0.25, 0.3) is 5.92 Å². The molecular weight excluding hydrogens is 261 g/mol. The van der Waals surface area contributed by atoms with Crippen molar-refractivity contribution in [3.63, 3.8) is 0 Å². The van der Waals surface area contributed by atoms with Gasteiger partial charge in [0.1, 0.15) is 17.2 Å². The molecule has 2 nitrogen and oxygen atoms in total. The summed E-state index contributed by atoms with van der Waals surface area (Å²) < 4.78 is 41.6. The summed E-state index contributed by atoms with van der Waals surface area (Å²) in [4.78, 5) is -0.232.